The SMILES string of the molecule is CN(CCCN)CCOCCOCCN(C)CCCN. The molecule has 0 fully saturated rings. The highest BCUT2D eigenvalue weighted by atomic mass is 16.5. The Kier molecular flexibility index (Phi) is 15.0. The van der Waals surface area contributed by atoms with Crippen LogP contribution in [0.1, 0.15) is 12.8 Å². The van der Waals surface area contributed by atoms with Gasteiger partial charge in [-0.1, -0.05) is 0 Å². The van der Waals surface area contributed by atoms with Crippen LogP contribution >= 0.6 is 0 Å². The number of likely N-dealkylation sites (N-methyl/N-ethyl adjacent to an activating group) is 2. The molecule has 6 nitrogen and oxygen atoms in total. The van der Waals surface area contributed by atoms with Crippen LogP contribution in [0.2, 0.25) is 0 Å². The summed E-state index contributed by atoms with van der Waals surface area (Å²) in [5, 5.41) is 0. The van der Waals surface area contributed by atoms with Gasteiger partial charge in [-0.25, -0.2) is 0 Å². The Hall–Kier alpha value is -0.240. The van der Waals surface area contributed by atoms with E-state index in [1.54, 1.807) is 0 Å². The first-order chi connectivity index (χ1) is 9.70. The van der Waals surface area contributed by atoms with Gasteiger partial charge in [0, 0.05) is 13.1 Å². The molecule has 0 saturated carbocycles. The standard InChI is InChI=1S/C14H34N4O2/c1-17(7-3-5-15)9-11-19-13-14-20-12-10-18(2)8-4-6-16/h3-16H2,1-2H3. The molecule has 0 spiro atoms. The maximum absolute atomic E-state index is 5.53. The lowest BCUT2D eigenvalue weighted by molar-refractivity contribution is 0.0350. The van der Waals surface area contributed by atoms with Crippen molar-refractivity contribution < 1.29 is 9.47 Å². The van der Waals surface area contributed by atoms with Crippen LogP contribution in [0, 0.1) is 0 Å². The summed E-state index contributed by atoms with van der Waals surface area (Å²) in [6.45, 7) is 8.29. The summed E-state index contributed by atoms with van der Waals surface area (Å²) in [7, 11) is 4.18. The molecule has 0 saturated heterocycles. The number of hydrogen-bond acceptors (Lipinski definition) is 6. The number of nitrogens with zero attached hydrogens (tertiary/aromatic N) is 2. The molecule has 0 aromatic carbocycles. The largest absolute Gasteiger partial charge is 0.378 e. The molecule has 0 unspecified atom stereocenters. The van der Waals surface area contributed by atoms with E-state index >= 15 is 0 Å². The minimum absolute atomic E-state index is 0.664. The lowest BCUT2D eigenvalue weighted by Crippen LogP contribution is -2.27. The topological polar surface area (TPSA) is 77.0 Å². The summed E-state index contributed by atoms with van der Waals surface area (Å²) in [4.78, 5) is 4.47. The smallest absolute Gasteiger partial charge is 0.0701 e. The van der Waals surface area contributed by atoms with Crippen molar-refractivity contribution in [1.82, 2.24) is 9.80 Å². The number of hydrogen-bond donors (Lipinski definition) is 2. The third-order valence-corrected chi connectivity index (χ3v) is 3.09. The number of ether oxygens (including phenoxy) is 2. The van der Waals surface area contributed by atoms with Crippen molar-refractivity contribution in [3.63, 3.8) is 0 Å². The minimum Gasteiger partial charge on any atom is -0.378 e. The lowest BCUT2D eigenvalue weighted by Gasteiger charge is -2.17. The van der Waals surface area contributed by atoms with Crippen molar-refractivity contribution in [1.29, 1.82) is 0 Å². The van der Waals surface area contributed by atoms with E-state index in [0.717, 1.165) is 65.3 Å². The van der Waals surface area contributed by atoms with Gasteiger partial charge in [0.25, 0.3) is 0 Å². The van der Waals surface area contributed by atoms with Gasteiger partial charge in [0.15, 0.2) is 0 Å². The van der Waals surface area contributed by atoms with Crippen molar-refractivity contribution >= 4 is 0 Å². The molecule has 4 N–H and O–H groups in total. The first kappa shape index (κ1) is 19.8. The molecule has 0 aliphatic rings. The van der Waals surface area contributed by atoms with Crippen LogP contribution in [0.3, 0.4) is 0 Å². The molecule has 122 valence electrons. The van der Waals surface area contributed by atoms with E-state index in [-0.39, 0.29) is 0 Å². The van der Waals surface area contributed by atoms with Crippen LogP contribution in [-0.2, 0) is 9.47 Å². The Balaban J connectivity index is 3.16. The Morgan fingerprint density at radius 3 is 1.40 bits per heavy atom. The predicted molar refractivity (Wildman–Crippen MR) is 84.0 cm³/mol. The predicted octanol–water partition coefficient (Wildman–Crippen LogP) is -0.419. The maximum Gasteiger partial charge on any atom is 0.0701 e. The van der Waals surface area contributed by atoms with Gasteiger partial charge >= 0.3 is 0 Å². The Bertz CT molecular complexity index is 176. The van der Waals surface area contributed by atoms with Crippen LogP contribution in [0.25, 0.3) is 0 Å². The first-order valence-electron chi connectivity index (χ1n) is 7.63. The molecule has 0 heterocycles. The van der Waals surface area contributed by atoms with Crippen molar-refractivity contribution in [2.24, 2.45) is 11.5 Å². The Morgan fingerprint density at radius 1 is 0.650 bits per heavy atom. The zero-order valence-corrected chi connectivity index (χ0v) is 13.4. The normalized spacial score (nSPS) is 11.7. The van der Waals surface area contributed by atoms with E-state index in [1.807, 2.05) is 0 Å². The summed E-state index contributed by atoms with van der Waals surface area (Å²) in [5.41, 5.74) is 10.9. The highest BCUT2D eigenvalue weighted by Gasteiger charge is 1.99. The van der Waals surface area contributed by atoms with E-state index in [0.29, 0.717) is 13.2 Å². The average molecular weight is 290 g/mol. The third-order valence-electron chi connectivity index (χ3n) is 3.09. The molecule has 0 amide bonds. The van der Waals surface area contributed by atoms with Crippen molar-refractivity contribution in [2.45, 2.75) is 12.8 Å². The summed E-state index contributed by atoms with van der Waals surface area (Å²) in [6, 6.07) is 0. The first-order valence-corrected chi connectivity index (χ1v) is 7.63. The molecular formula is C14H34N4O2. The Labute approximate surface area is 124 Å². The van der Waals surface area contributed by atoms with Crippen molar-refractivity contribution in [2.75, 3.05) is 79.8 Å². The molecule has 0 rings (SSSR count). The van der Waals surface area contributed by atoms with E-state index in [1.165, 1.54) is 0 Å². The summed E-state index contributed by atoms with van der Waals surface area (Å²) < 4.78 is 11.1. The van der Waals surface area contributed by atoms with Crippen molar-refractivity contribution in [3.8, 4) is 0 Å². The monoisotopic (exact) mass is 290 g/mol. The van der Waals surface area contributed by atoms with Gasteiger partial charge in [-0.3, -0.25) is 0 Å². The molecule has 6 heteroatoms. The molecular weight excluding hydrogens is 256 g/mol. The Morgan fingerprint density at radius 2 is 1.05 bits per heavy atom. The van der Waals surface area contributed by atoms with E-state index in [4.69, 9.17) is 20.9 Å². The van der Waals surface area contributed by atoms with Crippen LogP contribution in [0.15, 0.2) is 0 Å². The second kappa shape index (κ2) is 15.2. The zero-order valence-electron chi connectivity index (χ0n) is 13.4. The summed E-state index contributed by atoms with van der Waals surface area (Å²) in [5.74, 6) is 0. The molecule has 0 aromatic rings. The fourth-order valence-electron chi connectivity index (χ4n) is 1.71. The molecule has 0 aromatic heterocycles. The van der Waals surface area contributed by atoms with Gasteiger partial charge < -0.3 is 30.7 Å². The van der Waals surface area contributed by atoms with E-state index in [2.05, 4.69) is 23.9 Å². The summed E-state index contributed by atoms with van der Waals surface area (Å²) in [6.07, 6.45) is 2.08. The van der Waals surface area contributed by atoms with Gasteiger partial charge in [0.05, 0.1) is 26.4 Å². The molecule has 0 bridgehead atoms. The van der Waals surface area contributed by atoms with Gasteiger partial charge in [-0.15, -0.1) is 0 Å². The van der Waals surface area contributed by atoms with Crippen LogP contribution in [-0.4, -0.2) is 89.6 Å². The second-order valence-electron chi connectivity index (χ2n) is 5.12. The lowest BCUT2D eigenvalue weighted by atomic mass is 10.4. The number of nitrogens with two attached hydrogens (primary N) is 2. The van der Waals surface area contributed by atoms with Gasteiger partial charge in [0.1, 0.15) is 0 Å². The molecule has 20 heavy (non-hydrogen) atoms. The molecule has 0 radical (unpaired) electrons. The van der Waals surface area contributed by atoms with E-state index in [9.17, 15) is 0 Å². The van der Waals surface area contributed by atoms with Gasteiger partial charge in [0.2, 0.25) is 0 Å². The number of rotatable bonds is 15. The molecule has 0 aliphatic heterocycles. The minimum atomic E-state index is 0.664. The van der Waals surface area contributed by atoms with Gasteiger partial charge in [-0.2, -0.15) is 0 Å². The van der Waals surface area contributed by atoms with Crippen molar-refractivity contribution in [3.05, 3.63) is 0 Å². The molecule has 0 atom stereocenters. The average Bonchev–Trinajstić information content (AvgIpc) is 2.45. The maximum atomic E-state index is 5.53. The molecule has 0 aliphatic carbocycles. The third kappa shape index (κ3) is 14.2. The fourth-order valence-corrected chi connectivity index (χ4v) is 1.71. The van der Waals surface area contributed by atoms with Crippen LogP contribution in [0.5, 0.6) is 0 Å². The second-order valence-corrected chi connectivity index (χ2v) is 5.12. The van der Waals surface area contributed by atoms with Crippen LogP contribution < -0.4 is 11.5 Å². The van der Waals surface area contributed by atoms with E-state index < -0.39 is 0 Å². The van der Waals surface area contributed by atoms with Crippen LogP contribution in [0.4, 0.5) is 0 Å². The highest BCUT2D eigenvalue weighted by molar-refractivity contribution is 4.52. The fraction of sp³-hybridized carbons (Fsp3) is 1.00. The summed E-state index contributed by atoms with van der Waals surface area (Å²) >= 11 is 0. The quantitative estimate of drug-likeness (QED) is 0.399. The zero-order chi connectivity index (χ0) is 15.1. The highest BCUT2D eigenvalue weighted by Crippen LogP contribution is 1.88. The van der Waals surface area contributed by atoms with Gasteiger partial charge in [-0.05, 0) is 53.1 Å².